The number of rotatable bonds is 4. The number of nitrogens with zero attached hydrogens (tertiary/aromatic N) is 4. The van der Waals surface area contributed by atoms with Crippen LogP contribution in [-0.2, 0) is 32.1 Å². The van der Waals surface area contributed by atoms with E-state index < -0.39 is 18.0 Å². The fourth-order valence-electron chi connectivity index (χ4n) is 4.51. The molecule has 0 spiro atoms. The number of benzene rings is 2. The zero-order valence-electron chi connectivity index (χ0n) is 17.1. The van der Waals surface area contributed by atoms with Crippen LogP contribution in [0.15, 0.2) is 57.8 Å². The topological polar surface area (TPSA) is 41.4 Å². The van der Waals surface area contributed by atoms with E-state index in [1.807, 2.05) is 30.3 Å². The monoisotopic (exact) mass is 504 g/mol. The Morgan fingerprint density at radius 3 is 2.56 bits per heavy atom. The second-order valence-electron chi connectivity index (χ2n) is 8.20. The van der Waals surface area contributed by atoms with E-state index in [0.29, 0.717) is 30.7 Å². The van der Waals surface area contributed by atoms with Crippen molar-refractivity contribution < 1.29 is 13.2 Å². The van der Waals surface area contributed by atoms with Crippen LogP contribution in [0.25, 0.3) is 0 Å². The molecule has 0 N–H and O–H groups in total. The van der Waals surface area contributed by atoms with E-state index in [-0.39, 0.29) is 29.6 Å². The molecule has 0 atom stereocenters. The molecular weight excluding hydrogens is 485 g/mol. The molecule has 32 heavy (non-hydrogen) atoms. The maximum Gasteiger partial charge on any atom is 0.300 e. The van der Waals surface area contributed by atoms with Crippen molar-refractivity contribution in [3.63, 3.8) is 0 Å². The average molecular weight is 505 g/mol. The fraction of sp³-hybridized carbons (Fsp3) is 0.304. The van der Waals surface area contributed by atoms with Crippen molar-refractivity contribution in [1.29, 1.82) is 0 Å². The molecule has 0 amide bonds. The second kappa shape index (κ2) is 8.04. The Kier molecular flexibility index (Phi) is 5.33. The first-order valence-electron chi connectivity index (χ1n) is 10.3. The first-order chi connectivity index (χ1) is 15.3. The largest absolute Gasteiger partial charge is 0.336 e. The molecule has 2 aromatic carbocycles. The van der Waals surface area contributed by atoms with Crippen LogP contribution in [0.3, 0.4) is 0 Å². The van der Waals surface area contributed by atoms with Gasteiger partial charge < -0.3 is 9.47 Å². The van der Waals surface area contributed by atoms with Crippen molar-refractivity contribution >= 4 is 21.9 Å². The van der Waals surface area contributed by atoms with Crippen molar-refractivity contribution in [2.45, 2.75) is 32.1 Å². The number of aromatic nitrogens is 2. The Morgan fingerprint density at radius 2 is 1.81 bits per heavy atom. The summed E-state index contributed by atoms with van der Waals surface area (Å²) >= 11 is 3.16. The van der Waals surface area contributed by atoms with Crippen LogP contribution in [0.4, 0.5) is 19.1 Å². The van der Waals surface area contributed by atoms with Crippen molar-refractivity contribution in [3.8, 4) is 0 Å². The van der Waals surface area contributed by atoms with Gasteiger partial charge in [-0.2, -0.15) is 13.8 Å². The summed E-state index contributed by atoms with van der Waals surface area (Å²) in [7, 11) is 0. The number of fused-ring (bicyclic) bond motifs is 3. The molecule has 0 unspecified atom stereocenters. The number of hydrogen-bond acceptors (Lipinski definition) is 4. The molecule has 5 nitrogen and oxygen atoms in total. The van der Waals surface area contributed by atoms with E-state index in [9.17, 15) is 9.18 Å². The summed E-state index contributed by atoms with van der Waals surface area (Å²) in [6, 6.07) is 14.0. The number of hydrogen-bond donors (Lipinski definition) is 0. The van der Waals surface area contributed by atoms with Gasteiger partial charge in [0.05, 0.1) is 16.6 Å². The summed E-state index contributed by atoms with van der Waals surface area (Å²) in [5.74, 6) is -3.31. The molecule has 9 heteroatoms. The first kappa shape index (κ1) is 21.2. The molecule has 0 saturated carbocycles. The Morgan fingerprint density at radius 1 is 1.03 bits per heavy atom. The summed E-state index contributed by atoms with van der Waals surface area (Å²) in [6.07, 6.45) is 0. The maximum atomic E-state index is 15.3. The lowest BCUT2D eigenvalue weighted by molar-refractivity contribution is -0.0621. The van der Waals surface area contributed by atoms with E-state index in [1.165, 1.54) is 10.6 Å². The number of alkyl halides is 2. The van der Waals surface area contributed by atoms with Gasteiger partial charge in [-0.3, -0.25) is 9.69 Å². The van der Waals surface area contributed by atoms with Crippen LogP contribution in [0.2, 0.25) is 0 Å². The summed E-state index contributed by atoms with van der Waals surface area (Å²) in [4.78, 5) is 20.4. The third kappa shape index (κ3) is 3.84. The molecule has 0 aliphatic carbocycles. The summed E-state index contributed by atoms with van der Waals surface area (Å²) in [6.45, 7) is 1.13. The van der Waals surface area contributed by atoms with Crippen LogP contribution in [0.1, 0.15) is 22.4 Å². The quantitative estimate of drug-likeness (QED) is 0.531. The van der Waals surface area contributed by atoms with Crippen LogP contribution in [0.5, 0.6) is 0 Å². The fourth-order valence-corrected chi connectivity index (χ4v) is 4.94. The summed E-state index contributed by atoms with van der Waals surface area (Å²) < 4.78 is 46.0. The molecule has 166 valence electrons. The van der Waals surface area contributed by atoms with Crippen LogP contribution >= 0.6 is 15.9 Å². The lowest BCUT2D eigenvalue weighted by Crippen LogP contribution is -2.45. The molecule has 0 radical (unpaired) electrons. The SMILES string of the molecule is O=c1nc2n(c3c1CN(Cc1ccccc1)CC3(F)F)CCN2Cc1ccc(F)c(Br)c1. The van der Waals surface area contributed by atoms with Crippen LogP contribution in [0, 0.1) is 5.82 Å². The Hall–Kier alpha value is -2.65. The molecular formula is C23H20BrF3N4O. The Balaban J connectivity index is 1.47. The molecule has 0 saturated heterocycles. The third-order valence-electron chi connectivity index (χ3n) is 5.89. The van der Waals surface area contributed by atoms with Crippen molar-refractivity contribution in [2.24, 2.45) is 0 Å². The first-order valence-corrected chi connectivity index (χ1v) is 11.1. The minimum Gasteiger partial charge on any atom is -0.336 e. The molecule has 2 aliphatic rings. The van der Waals surface area contributed by atoms with Gasteiger partial charge >= 0.3 is 5.92 Å². The second-order valence-corrected chi connectivity index (χ2v) is 9.06. The van der Waals surface area contributed by atoms with Gasteiger partial charge in [0.1, 0.15) is 11.5 Å². The summed E-state index contributed by atoms with van der Waals surface area (Å²) in [5.41, 5.74) is 0.930. The van der Waals surface area contributed by atoms with Gasteiger partial charge in [0.25, 0.3) is 5.56 Å². The van der Waals surface area contributed by atoms with Gasteiger partial charge in [-0.1, -0.05) is 36.4 Å². The number of anilines is 1. The Bertz CT molecular complexity index is 1230. The van der Waals surface area contributed by atoms with Gasteiger partial charge in [0.15, 0.2) is 0 Å². The van der Waals surface area contributed by atoms with Crippen LogP contribution in [-0.4, -0.2) is 27.5 Å². The van der Waals surface area contributed by atoms with Crippen molar-refractivity contribution in [2.75, 3.05) is 18.0 Å². The minimum atomic E-state index is -3.17. The van der Waals surface area contributed by atoms with E-state index in [1.54, 1.807) is 21.9 Å². The number of halogens is 4. The average Bonchev–Trinajstić information content (AvgIpc) is 3.13. The highest BCUT2D eigenvalue weighted by molar-refractivity contribution is 9.10. The molecule has 2 aliphatic heterocycles. The zero-order chi connectivity index (χ0) is 22.5. The van der Waals surface area contributed by atoms with Gasteiger partial charge in [-0.15, -0.1) is 0 Å². The Labute approximate surface area is 191 Å². The normalized spacial score (nSPS) is 17.3. The van der Waals surface area contributed by atoms with Gasteiger partial charge in [-0.25, -0.2) is 4.39 Å². The van der Waals surface area contributed by atoms with Gasteiger partial charge in [-0.05, 0) is 39.2 Å². The smallest absolute Gasteiger partial charge is 0.300 e. The van der Waals surface area contributed by atoms with Crippen LogP contribution < -0.4 is 10.5 Å². The molecule has 3 aromatic rings. The standard InChI is InChI=1S/C23H20BrF3N4O/c24-18-10-16(6-7-19(18)25)12-30-8-9-31-20-17(21(32)28-22(30)31)13-29(14-23(20,26)27)11-15-4-2-1-3-5-15/h1-7,10H,8-9,11-14H2. The predicted molar refractivity (Wildman–Crippen MR) is 118 cm³/mol. The zero-order valence-corrected chi connectivity index (χ0v) is 18.7. The van der Waals surface area contributed by atoms with E-state index >= 15 is 8.78 Å². The van der Waals surface area contributed by atoms with E-state index in [2.05, 4.69) is 20.9 Å². The van der Waals surface area contributed by atoms with Crippen molar-refractivity contribution in [3.05, 3.63) is 91.6 Å². The molecule has 0 fully saturated rings. The maximum absolute atomic E-state index is 15.3. The van der Waals surface area contributed by atoms with Gasteiger partial charge in [0, 0.05) is 32.7 Å². The predicted octanol–water partition coefficient (Wildman–Crippen LogP) is 4.27. The van der Waals surface area contributed by atoms with Gasteiger partial charge in [0.2, 0.25) is 5.95 Å². The molecule has 0 bridgehead atoms. The van der Waals surface area contributed by atoms with E-state index in [4.69, 9.17) is 0 Å². The molecule has 5 rings (SSSR count). The highest BCUT2D eigenvalue weighted by atomic mass is 79.9. The highest BCUT2D eigenvalue weighted by Gasteiger charge is 2.46. The molecule has 3 heterocycles. The lowest BCUT2D eigenvalue weighted by Gasteiger charge is -2.35. The highest BCUT2D eigenvalue weighted by Crippen LogP contribution is 2.38. The van der Waals surface area contributed by atoms with E-state index in [0.717, 1.165) is 11.1 Å². The summed E-state index contributed by atoms with van der Waals surface area (Å²) in [5, 5.41) is 0. The minimum absolute atomic E-state index is 0.0623. The lowest BCUT2D eigenvalue weighted by atomic mass is 10.0. The van der Waals surface area contributed by atoms with Crippen molar-refractivity contribution in [1.82, 2.24) is 14.5 Å². The molecule has 1 aromatic heterocycles. The third-order valence-corrected chi connectivity index (χ3v) is 6.50.